The minimum absolute atomic E-state index is 0.0947. The van der Waals surface area contributed by atoms with E-state index in [1.165, 1.54) is 43.2 Å². The van der Waals surface area contributed by atoms with Gasteiger partial charge in [-0.25, -0.2) is 0 Å². The van der Waals surface area contributed by atoms with Crippen molar-refractivity contribution in [2.75, 3.05) is 0 Å². The van der Waals surface area contributed by atoms with E-state index in [1.807, 2.05) is 12.1 Å². The van der Waals surface area contributed by atoms with Gasteiger partial charge in [0, 0.05) is 0 Å². The Balaban J connectivity index is 1.72. The van der Waals surface area contributed by atoms with Crippen LogP contribution >= 0.6 is 0 Å². The van der Waals surface area contributed by atoms with Crippen LogP contribution < -0.4 is 0 Å². The van der Waals surface area contributed by atoms with Crippen LogP contribution in [0.2, 0.25) is 0 Å². The first kappa shape index (κ1) is 13.6. The maximum Gasteiger partial charge on any atom is 0.115 e. The molecular weight excluding hydrogens is 260 g/mol. The Bertz CT molecular complexity index is 567. The van der Waals surface area contributed by atoms with Crippen molar-refractivity contribution in [3.8, 4) is 5.75 Å². The molecule has 0 bridgehead atoms. The van der Waals surface area contributed by atoms with Gasteiger partial charge in [-0.05, 0) is 91.4 Å². The normalized spacial score (nSPS) is 41.8. The van der Waals surface area contributed by atoms with Gasteiger partial charge in [-0.15, -0.1) is 0 Å². The first-order valence-electron chi connectivity index (χ1n) is 8.54. The second-order valence-electron chi connectivity index (χ2n) is 7.98. The highest BCUT2D eigenvalue weighted by Crippen LogP contribution is 2.60. The largest absolute Gasteiger partial charge is 0.508 e. The molecule has 4 rings (SSSR count). The Labute approximate surface area is 127 Å². The highest BCUT2D eigenvalue weighted by Gasteiger charge is 2.54. The van der Waals surface area contributed by atoms with Gasteiger partial charge in [-0.3, -0.25) is 0 Å². The van der Waals surface area contributed by atoms with Crippen molar-refractivity contribution >= 4 is 0 Å². The van der Waals surface area contributed by atoms with E-state index < -0.39 is 0 Å². The molecule has 2 nitrogen and oxygen atoms in total. The van der Waals surface area contributed by atoms with E-state index in [-0.39, 0.29) is 11.5 Å². The minimum atomic E-state index is -0.0947. The Hall–Kier alpha value is -1.02. The van der Waals surface area contributed by atoms with Crippen LogP contribution in [0.5, 0.6) is 5.75 Å². The summed E-state index contributed by atoms with van der Waals surface area (Å²) in [5.41, 5.74) is 3.33. The second kappa shape index (κ2) is 4.49. The fourth-order valence-electron chi connectivity index (χ4n) is 5.61. The summed E-state index contributed by atoms with van der Waals surface area (Å²) < 4.78 is 0. The van der Waals surface area contributed by atoms with Crippen LogP contribution in [0.15, 0.2) is 18.2 Å². The molecule has 2 fully saturated rings. The predicted molar refractivity (Wildman–Crippen MR) is 83.4 cm³/mol. The van der Waals surface area contributed by atoms with Gasteiger partial charge in [0.1, 0.15) is 5.75 Å². The number of fused-ring (bicyclic) bond motifs is 3. The topological polar surface area (TPSA) is 40.5 Å². The Kier molecular flexibility index (Phi) is 2.91. The number of benzene rings is 1. The summed E-state index contributed by atoms with van der Waals surface area (Å²) in [5.74, 6) is 1.07. The zero-order valence-corrected chi connectivity index (χ0v) is 12.9. The summed E-state index contributed by atoms with van der Waals surface area (Å²) >= 11 is 0. The monoisotopic (exact) mass is 286 g/mol. The summed E-state index contributed by atoms with van der Waals surface area (Å²) in [7, 11) is 0. The van der Waals surface area contributed by atoms with Crippen LogP contribution in [-0.2, 0) is 11.8 Å². The lowest BCUT2D eigenvalue weighted by molar-refractivity contribution is -0.0114. The van der Waals surface area contributed by atoms with E-state index in [0.717, 1.165) is 19.3 Å². The number of rotatable bonds is 0. The smallest absolute Gasteiger partial charge is 0.115 e. The van der Waals surface area contributed by atoms with E-state index in [1.54, 1.807) is 0 Å². The third-order valence-corrected chi connectivity index (χ3v) is 7.02. The maximum absolute atomic E-state index is 10.4. The Morgan fingerprint density at radius 3 is 2.86 bits per heavy atom. The summed E-state index contributed by atoms with van der Waals surface area (Å²) in [5, 5.41) is 20.1. The highest BCUT2D eigenvalue weighted by atomic mass is 16.3. The van der Waals surface area contributed by atoms with Gasteiger partial charge < -0.3 is 10.2 Å². The molecule has 2 N–H and O–H groups in total. The molecule has 0 amide bonds. The predicted octanol–water partition coefficient (Wildman–Crippen LogP) is 3.93. The van der Waals surface area contributed by atoms with Crippen molar-refractivity contribution in [1.29, 1.82) is 0 Å². The van der Waals surface area contributed by atoms with Gasteiger partial charge in [-0.1, -0.05) is 13.0 Å². The van der Waals surface area contributed by atoms with Gasteiger partial charge in [0.2, 0.25) is 0 Å². The molecule has 1 aromatic rings. The van der Waals surface area contributed by atoms with Crippen molar-refractivity contribution in [3.63, 3.8) is 0 Å². The molecule has 0 unspecified atom stereocenters. The third-order valence-electron chi connectivity index (χ3n) is 7.02. The number of hydrogen-bond acceptors (Lipinski definition) is 2. The zero-order chi connectivity index (χ0) is 14.7. The standard InChI is InChI=1S/C19H26O2/c1-18-9-10-19(12-14(18)4-7-17(18)21)8-2-3-13-11-15(20)5-6-16(13)19/h5-6,11,14,17,20-21H,2-4,7-10,12H2,1H3/t14-,17-,18+,19-/m1/s1. The number of phenols is 1. The molecule has 2 saturated carbocycles. The molecule has 2 heteroatoms. The fraction of sp³-hybridized carbons (Fsp3) is 0.684. The first-order chi connectivity index (χ1) is 10.0. The van der Waals surface area contributed by atoms with Crippen molar-refractivity contribution in [3.05, 3.63) is 29.3 Å². The lowest BCUT2D eigenvalue weighted by Crippen LogP contribution is -2.45. The van der Waals surface area contributed by atoms with Crippen LogP contribution in [0.3, 0.4) is 0 Å². The average Bonchev–Trinajstić information content (AvgIpc) is 2.75. The molecule has 1 spiro atoms. The SMILES string of the molecule is C[C@]12CC[C@]3(CCCc4cc(O)ccc43)C[C@H]1CC[C@H]2O. The summed E-state index contributed by atoms with van der Waals surface area (Å²) in [6, 6.07) is 6.02. The van der Waals surface area contributed by atoms with Gasteiger partial charge >= 0.3 is 0 Å². The van der Waals surface area contributed by atoms with Crippen LogP contribution in [-0.4, -0.2) is 16.3 Å². The Morgan fingerprint density at radius 2 is 2.00 bits per heavy atom. The molecule has 1 aromatic carbocycles. The van der Waals surface area contributed by atoms with E-state index in [2.05, 4.69) is 13.0 Å². The van der Waals surface area contributed by atoms with Crippen molar-refractivity contribution < 1.29 is 10.2 Å². The fourth-order valence-corrected chi connectivity index (χ4v) is 5.61. The lowest BCUT2D eigenvalue weighted by Gasteiger charge is -2.51. The molecular formula is C19H26O2. The minimum Gasteiger partial charge on any atom is -0.508 e. The summed E-state index contributed by atoms with van der Waals surface area (Å²) in [6.07, 6.45) is 9.30. The maximum atomic E-state index is 10.4. The van der Waals surface area contributed by atoms with Crippen LogP contribution in [0.4, 0.5) is 0 Å². The van der Waals surface area contributed by atoms with E-state index in [9.17, 15) is 10.2 Å². The van der Waals surface area contributed by atoms with Crippen molar-refractivity contribution in [2.24, 2.45) is 11.3 Å². The van der Waals surface area contributed by atoms with Crippen molar-refractivity contribution in [1.82, 2.24) is 0 Å². The van der Waals surface area contributed by atoms with Crippen LogP contribution in [0.25, 0.3) is 0 Å². The number of aromatic hydroxyl groups is 1. The number of hydrogen-bond donors (Lipinski definition) is 2. The molecule has 0 heterocycles. The molecule has 0 aromatic heterocycles. The summed E-state index contributed by atoms with van der Waals surface area (Å²) in [6.45, 7) is 2.31. The van der Waals surface area contributed by atoms with Gasteiger partial charge in [0.15, 0.2) is 0 Å². The molecule has 4 atom stereocenters. The second-order valence-corrected chi connectivity index (χ2v) is 7.98. The van der Waals surface area contributed by atoms with Gasteiger partial charge in [0.05, 0.1) is 6.10 Å². The zero-order valence-electron chi connectivity index (χ0n) is 12.9. The number of aryl methyl sites for hydroxylation is 1. The molecule has 0 saturated heterocycles. The van der Waals surface area contributed by atoms with E-state index >= 15 is 0 Å². The lowest BCUT2D eigenvalue weighted by atomic mass is 9.54. The molecule has 114 valence electrons. The summed E-state index contributed by atoms with van der Waals surface area (Å²) in [4.78, 5) is 0. The molecule has 21 heavy (non-hydrogen) atoms. The van der Waals surface area contributed by atoms with Crippen molar-refractivity contribution in [2.45, 2.75) is 69.8 Å². The molecule has 0 radical (unpaired) electrons. The molecule has 0 aliphatic heterocycles. The van der Waals surface area contributed by atoms with E-state index in [4.69, 9.17) is 0 Å². The highest BCUT2D eigenvalue weighted by molar-refractivity contribution is 5.42. The van der Waals surface area contributed by atoms with Gasteiger partial charge in [0.25, 0.3) is 0 Å². The molecule has 3 aliphatic carbocycles. The van der Waals surface area contributed by atoms with Gasteiger partial charge in [-0.2, -0.15) is 0 Å². The average molecular weight is 286 g/mol. The molecule has 3 aliphatic rings. The van der Waals surface area contributed by atoms with Crippen LogP contribution in [0.1, 0.15) is 63.0 Å². The third kappa shape index (κ3) is 1.88. The van der Waals surface area contributed by atoms with E-state index in [0.29, 0.717) is 17.1 Å². The van der Waals surface area contributed by atoms with Crippen LogP contribution in [0, 0.1) is 11.3 Å². The number of aliphatic hydroxyl groups is 1. The quantitative estimate of drug-likeness (QED) is 0.758. The number of phenolic OH excluding ortho intramolecular Hbond substituents is 1. The first-order valence-corrected chi connectivity index (χ1v) is 8.54. The Morgan fingerprint density at radius 1 is 1.14 bits per heavy atom. The number of aliphatic hydroxyl groups excluding tert-OH is 1.